The molecule has 2 atom stereocenters. The van der Waals surface area contributed by atoms with Crippen LogP contribution in [0.3, 0.4) is 0 Å². The zero-order chi connectivity index (χ0) is 19.1. The van der Waals surface area contributed by atoms with Crippen LogP contribution in [-0.4, -0.2) is 28.3 Å². The maximum Gasteiger partial charge on any atom is 0.306 e. The van der Waals surface area contributed by atoms with Crippen molar-refractivity contribution < 1.29 is 14.3 Å². The van der Waals surface area contributed by atoms with Crippen LogP contribution in [0.4, 0.5) is 0 Å². The van der Waals surface area contributed by atoms with Crippen molar-refractivity contribution >= 4 is 27.8 Å². The Hall–Kier alpha value is -1.09. The van der Waals surface area contributed by atoms with Crippen LogP contribution in [0.5, 0.6) is 0 Å². The van der Waals surface area contributed by atoms with E-state index in [1.807, 2.05) is 0 Å². The zero-order valence-corrected chi connectivity index (χ0v) is 17.5. The number of nitriles is 1. The second-order valence-electron chi connectivity index (χ2n) is 9.75. The first-order chi connectivity index (χ1) is 12.8. The molecule has 4 bridgehead atoms. The third-order valence-electron chi connectivity index (χ3n) is 7.29. The Kier molecular flexibility index (Phi) is 5.03. The Morgan fingerprint density at radius 2 is 1.78 bits per heavy atom. The fourth-order valence-electron chi connectivity index (χ4n) is 6.77. The van der Waals surface area contributed by atoms with Gasteiger partial charge in [0, 0.05) is 4.32 Å². The van der Waals surface area contributed by atoms with Gasteiger partial charge in [0.15, 0.2) is 6.61 Å². The molecule has 0 aromatic carbocycles. The van der Waals surface area contributed by atoms with Gasteiger partial charge in [0.25, 0.3) is 5.91 Å². The molecule has 1 amide bonds. The quantitative estimate of drug-likeness (QED) is 0.521. The van der Waals surface area contributed by atoms with E-state index < -0.39 is 5.54 Å². The zero-order valence-electron chi connectivity index (χ0n) is 15.9. The standard InChI is InChI=1S/C21H29BrN2O3/c22-20-9-15-6-16(10-20)8-19(7-15,13-20)11-18(26)27-12-17(25)24-21(14-23)4-2-1-3-5-21/h15-16H,1-13H2,(H,24,25)/t15-,16-,19?,20?/m1/s1. The Bertz CT molecular complexity index is 651. The van der Waals surface area contributed by atoms with E-state index in [9.17, 15) is 14.9 Å². The van der Waals surface area contributed by atoms with Gasteiger partial charge in [0.1, 0.15) is 5.54 Å². The number of nitrogens with zero attached hydrogens (tertiary/aromatic N) is 1. The lowest BCUT2D eigenvalue weighted by Crippen LogP contribution is -2.53. The number of hydrogen-bond acceptors (Lipinski definition) is 4. The number of ether oxygens (including phenoxy) is 1. The minimum Gasteiger partial charge on any atom is -0.456 e. The molecule has 0 unspecified atom stereocenters. The molecule has 5 saturated carbocycles. The monoisotopic (exact) mass is 436 g/mol. The van der Waals surface area contributed by atoms with Crippen molar-refractivity contribution in [1.82, 2.24) is 5.32 Å². The summed E-state index contributed by atoms with van der Waals surface area (Å²) in [4.78, 5) is 24.7. The molecule has 5 nitrogen and oxygen atoms in total. The van der Waals surface area contributed by atoms with E-state index in [0.717, 1.165) is 50.4 Å². The molecule has 27 heavy (non-hydrogen) atoms. The van der Waals surface area contributed by atoms with Crippen LogP contribution in [0.2, 0.25) is 0 Å². The molecular weight excluding hydrogens is 408 g/mol. The molecule has 0 saturated heterocycles. The summed E-state index contributed by atoms with van der Waals surface area (Å²) in [6.07, 6.45) is 11.9. The molecule has 6 heteroatoms. The van der Waals surface area contributed by atoms with Gasteiger partial charge in [-0.15, -0.1) is 0 Å². The van der Waals surface area contributed by atoms with Gasteiger partial charge in [0.05, 0.1) is 12.5 Å². The fraction of sp³-hybridized carbons (Fsp3) is 0.857. The molecule has 0 radical (unpaired) electrons. The highest BCUT2D eigenvalue weighted by atomic mass is 79.9. The van der Waals surface area contributed by atoms with Crippen LogP contribution in [0, 0.1) is 28.6 Å². The molecule has 148 valence electrons. The van der Waals surface area contributed by atoms with Crippen molar-refractivity contribution in [2.45, 2.75) is 86.9 Å². The summed E-state index contributed by atoms with van der Waals surface area (Å²) in [6.45, 7) is -0.273. The van der Waals surface area contributed by atoms with E-state index in [2.05, 4.69) is 27.3 Å². The summed E-state index contributed by atoms with van der Waals surface area (Å²) in [7, 11) is 0. The molecule has 5 rings (SSSR count). The molecule has 5 aliphatic rings. The molecular formula is C21H29BrN2O3. The molecule has 5 fully saturated rings. The Morgan fingerprint density at radius 1 is 1.11 bits per heavy atom. The van der Waals surface area contributed by atoms with Gasteiger partial charge in [-0.1, -0.05) is 35.2 Å². The summed E-state index contributed by atoms with van der Waals surface area (Å²) in [5.41, 5.74) is -0.720. The minimum atomic E-state index is -0.774. The number of carbonyl (C=O) groups excluding carboxylic acids is 2. The number of alkyl halides is 1. The number of amides is 1. The lowest BCUT2D eigenvalue weighted by molar-refractivity contribution is -0.155. The van der Waals surface area contributed by atoms with Gasteiger partial charge >= 0.3 is 5.97 Å². The predicted molar refractivity (Wildman–Crippen MR) is 104 cm³/mol. The first-order valence-electron chi connectivity index (χ1n) is 10.4. The first kappa shape index (κ1) is 19.2. The number of nitrogens with one attached hydrogen (secondary N) is 1. The highest BCUT2D eigenvalue weighted by molar-refractivity contribution is 9.10. The van der Waals surface area contributed by atoms with Crippen molar-refractivity contribution in [3.63, 3.8) is 0 Å². The Labute approximate surface area is 169 Å². The van der Waals surface area contributed by atoms with E-state index in [1.165, 1.54) is 19.3 Å². The van der Waals surface area contributed by atoms with Crippen LogP contribution in [-0.2, 0) is 14.3 Å². The van der Waals surface area contributed by atoms with Gasteiger partial charge in [0.2, 0.25) is 0 Å². The maximum absolute atomic E-state index is 12.5. The lowest BCUT2D eigenvalue weighted by atomic mass is 9.49. The molecule has 0 aromatic rings. The van der Waals surface area contributed by atoms with Gasteiger partial charge in [-0.2, -0.15) is 5.26 Å². The number of esters is 1. The van der Waals surface area contributed by atoms with E-state index in [1.54, 1.807) is 0 Å². The highest BCUT2D eigenvalue weighted by Crippen LogP contribution is 2.65. The third kappa shape index (κ3) is 4.04. The van der Waals surface area contributed by atoms with Gasteiger partial charge < -0.3 is 10.1 Å². The van der Waals surface area contributed by atoms with E-state index in [0.29, 0.717) is 19.3 Å². The molecule has 5 aliphatic carbocycles. The average Bonchev–Trinajstić information content (AvgIpc) is 2.58. The molecule has 0 heterocycles. The van der Waals surface area contributed by atoms with Gasteiger partial charge in [-0.05, 0) is 68.6 Å². The van der Waals surface area contributed by atoms with Crippen LogP contribution >= 0.6 is 15.9 Å². The molecule has 0 aliphatic heterocycles. The van der Waals surface area contributed by atoms with Crippen molar-refractivity contribution in [3.8, 4) is 6.07 Å². The first-order valence-corrected chi connectivity index (χ1v) is 11.2. The number of halogens is 1. The van der Waals surface area contributed by atoms with Gasteiger partial charge in [-0.3, -0.25) is 9.59 Å². The smallest absolute Gasteiger partial charge is 0.306 e. The van der Waals surface area contributed by atoms with Crippen molar-refractivity contribution in [2.24, 2.45) is 17.3 Å². The maximum atomic E-state index is 12.5. The molecule has 0 spiro atoms. The summed E-state index contributed by atoms with van der Waals surface area (Å²) in [5, 5.41) is 12.3. The second-order valence-corrected chi connectivity index (χ2v) is 11.4. The average molecular weight is 437 g/mol. The lowest BCUT2D eigenvalue weighted by Gasteiger charge is -2.60. The van der Waals surface area contributed by atoms with Crippen LogP contribution in [0.1, 0.15) is 77.0 Å². The number of hydrogen-bond donors (Lipinski definition) is 1. The summed E-state index contributed by atoms with van der Waals surface area (Å²) < 4.78 is 5.55. The largest absolute Gasteiger partial charge is 0.456 e. The topological polar surface area (TPSA) is 79.2 Å². The highest BCUT2D eigenvalue weighted by Gasteiger charge is 2.57. The van der Waals surface area contributed by atoms with Crippen molar-refractivity contribution in [2.75, 3.05) is 6.61 Å². The fourth-order valence-corrected chi connectivity index (χ4v) is 8.28. The Balaban J connectivity index is 1.29. The Morgan fingerprint density at radius 3 is 2.37 bits per heavy atom. The van der Waals surface area contributed by atoms with E-state index in [4.69, 9.17) is 4.74 Å². The SMILES string of the molecule is N#CC1(NC(=O)COC(=O)CC23C[C@H]4C[C@@H](CC(Br)(C4)C2)C3)CCCCC1. The van der Waals surface area contributed by atoms with Crippen molar-refractivity contribution in [3.05, 3.63) is 0 Å². The summed E-state index contributed by atoms with van der Waals surface area (Å²) >= 11 is 3.97. The third-order valence-corrected chi connectivity index (χ3v) is 8.22. The molecule has 0 aromatic heterocycles. The minimum absolute atomic E-state index is 0.0540. The predicted octanol–water partition coefficient (Wildman–Crippen LogP) is 4.00. The summed E-state index contributed by atoms with van der Waals surface area (Å²) in [5.74, 6) is 0.833. The normalized spacial score (nSPS) is 38.8. The van der Waals surface area contributed by atoms with Crippen LogP contribution in [0.15, 0.2) is 0 Å². The summed E-state index contributed by atoms with van der Waals surface area (Å²) in [6, 6.07) is 2.27. The van der Waals surface area contributed by atoms with Gasteiger partial charge in [-0.25, -0.2) is 0 Å². The van der Waals surface area contributed by atoms with Crippen LogP contribution < -0.4 is 5.32 Å². The van der Waals surface area contributed by atoms with E-state index >= 15 is 0 Å². The second kappa shape index (κ2) is 7.06. The van der Waals surface area contributed by atoms with E-state index in [-0.39, 0.29) is 28.2 Å². The van der Waals surface area contributed by atoms with Crippen molar-refractivity contribution in [1.29, 1.82) is 5.26 Å². The number of carbonyl (C=O) groups is 2. The number of rotatable bonds is 5. The van der Waals surface area contributed by atoms with Crippen LogP contribution in [0.25, 0.3) is 0 Å². The molecule has 1 N–H and O–H groups in total.